The Labute approximate surface area is 94.6 Å². The van der Waals surface area contributed by atoms with Gasteiger partial charge in [-0.3, -0.25) is 4.98 Å². The molecular weight excluding hydrogens is 200 g/mol. The Hall–Kier alpha value is -2.03. The molecule has 1 aromatic carbocycles. The number of anilines is 1. The average Bonchev–Trinajstić information content (AvgIpc) is 2.28. The monoisotopic (exact) mass is 214 g/mol. The van der Waals surface area contributed by atoms with E-state index in [4.69, 9.17) is 5.73 Å². The van der Waals surface area contributed by atoms with E-state index in [2.05, 4.69) is 4.98 Å². The maximum Gasteiger partial charge on any atom is 0.115 e. The average molecular weight is 214 g/mol. The SMILES string of the molecule is Nc1ccncc1CCc1cccc(O)c1. The number of rotatable bonds is 3. The normalized spacial score (nSPS) is 10.2. The van der Waals surface area contributed by atoms with Gasteiger partial charge in [0.2, 0.25) is 0 Å². The Kier molecular flexibility index (Phi) is 3.05. The van der Waals surface area contributed by atoms with E-state index in [-0.39, 0.29) is 0 Å². The molecular formula is C13H14N2O. The van der Waals surface area contributed by atoms with E-state index in [1.165, 1.54) is 0 Å². The van der Waals surface area contributed by atoms with Gasteiger partial charge in [0, 0.05) is 18.1 Å². The van der Waals surface area contributed by atoms with Gasteiger partial charge in [-0.2, -0.15) is 0 Å². The van der Waals surface area contributed by atoms with E-state index >= 15 is 0 Å². The lowest BCUT2D eigenvalue weighted by Crippen LogP contribution is -1.97. The van der Waals surface area contributed by atoms with Gasteiger partial charge in [0.15, 0.2) is 0 Å². The minimum absolute atomic E-state index is 0.302. The summed E-state index contributed by atoms with van der Waals surface area (Å²) in [6, 6.07) is 9.08. The number of nitrogens with zero attached hydrogens (tertiary/aromatic N) is 1. The van der Waals surface area contributed by atoms with Crippen LogP contribution in [0.4, 0.5) is 5.69 Å². The third kappa shape index (κ3) is 2.51. The van der Waals surface area contributed by atoms with Crippen molar-refractivity contribution in [3.8, 4) is 5.75 Å². The van der Waals surface area contributed by atoms with Crippen LogP contribution in [0.1, 0.15) is 11.1 Å². The van der Waals surface area contributed by atoms with Crippen LogP contribution in [-0.4, -0.2) is 10.1 Å². The van der Waals surface area contributed by atoms with Gasteiger partial charge in [0.05, 0.1) is 0 Å². The van der Waals surface area contributed by atoms with Crippen LogP contribution in [0, 0.1) is 0 Å². The lowest BCUT2D eigenvalue weighted by molar-refractivity contribution is 0.474. The molecule has 16 heavy (non-hydrogen) atoms. The van der Waals surface area contributed by atoms with E-state index in [1.54, 1.807) is 30.6 Å². The van der Waals surface area contributed by atoms with Gasteiger partial charge >= 0.3 is 0 Å². The molecule has 0 aliphatic heterocycles. The number of aromatic nitrogens is 1. The molecule has 1 aromatic heterocycles. The lowest BCUT2D eigenvalue weighted by Gasteiger charge is -2.05. The predicted octanol–water partition coefficient (Wildman–Crippen LogP) is 2.15. The number of aryl methyl sites for hydroxylation is 2. The van der Waals surface area contributed by atoms with Gasteiger partial charge in [-0.15, -0.1) is 0 Å². The van der Waals surface area contributed by atoms with Gasteiger partial charge in [0.1, 0.15) is 5.75 Å². The van der Waals surface area contributed by atoms with Crippen molar-refractivity contribution in [2.24, 2.45) is 0 Å². The summed E-state index contributed by atoms with van der Waals surface area (Å²) in [5, 5.41) is 9.33. The van der Waals surface area contributed by atoms with Gasteiger partial charge in [-0.05, 0) is 42.2 Å². The number of hydrogen-bond donors (Lipinski definition) is 2. The Morgan fingerprint density at radius 2 is 2.06 bits per heavy atom. The summed E-state index contributed by atoms with van der Waals surface area (Å²) in [4.78, 5) is 4.05. The second kappa shape index (κ2) is 4.66. The highest BCUT2D eigenvalue weighted by Gasteiger charge is 2.00. The fraction of sp³-hybridized carbons (Fsp3) is 0.154. The van der Waals surface area contributed by atoms with E-state index in [0.717, 1.165) is 29.7 Å². The molecule has 0 aliphatic rings. The molecule has 3 N–H and O–H groups in total. The quantitative estimate of drug-likeness (QED) is 0.823. The molecule has 0 atom stereocenters. The number of phenols is 1. The zero-order chi connectivity index (χ0) is 11.4. The van der Waals surface area contributed by atoms with Crippen LogP contribution in [0.25, 0.3) is 0 Å². The topological polar surface area (TPSA) is 59.1 Å². The van der Waals surface area contributed by atoms with Crippen LogP contribution in [0.15, 0.2) is 42.7 Å². The van der Waals surface area contributed by atoms with Crippen molar-refractivity contribution >= 4 is 5.69 Å². The Morgan fingerprint density at radius 3 is 2.81 bits per heavy atom. The zero-order valence-corrected chi connectivity index (χ0v) is 8.93. The molecule has 0 radical (unpaired) electrons. The minimum atomic E-state index is 0.302. The third-order valence-corrected chi connectivity index (χ3v) is 2.53. The van der Waals surface area contributed by atoms with Crippen LogP contribution in [0.3, 0.4) is 0 Å². The summed E-state index contributed by atoms with van der Waals surface area (Å²) in [6.45, 7) is 0. The first-order chi connectivity index (χ1) is 7.75. The third-order valence-electron chi connectivity index (χ3n) is 2.53. The summed E-state index contributed by atoms with van der Waals surface area (Å²) in [5.41, 5.74) is 8.75. The van der Waals surface area contributed by atoms with E-state index < -0.39 is 0 Å². The second-order valence-corrected chi connectivity index (χ2v) is 3.74. The molecule has 1 heterocycles. The number of hydrogen-bond acceptors (Lipinski definition) is 3. The molecule has 2 rings (SSSR count). The first-order valence-corrected chi connectivity index (χ1v) is 5.22. The van der Waals surface area contributed by atoms with Crippen molar-refractivity contribution in [1.82, 2.24) is 4.98 Å². The van der Waals surface area contributed by atoms with Gasteiger partial charge in [0.25, 0.3) is 0 Å². The Balaban J connectivity index is 2.05. The van der Waals surface area contributed by atoms with Crippen molar-refractivity contribution < 1.29 is 5.11 Å². The molecule has 0 saturated carbocycles. The summed E-state index contributed by atoms with van der Waals surface area (Å²) in [7, 11) is 0. The smallest absolute Gasteiger partial charge is 0.115 e. The summed E-state index contributed by atoms with van der Waals surface area (Å²) in [6.07, 6.45) is 5.17. The molecule has 0 bridgehead atoms. The first-order valence-electron chi connectivity index (χ1n) is 5.22. The first kappa shape index (κ1) is 10.5. The molecule has 0 amide bonds. The standard InChI is InChI=1S/C13H14N2O/c14-13-6-7-15-9-11(13)5-4-10-2-1-3-12(16)8-10/h1-3,6-9,16H,4-5H2,(H2,14,15). The van der Waals surface area contributed by atoms with Crippen molar-refractivity contribution in [2.45, 2.75) is 12.8 Å². The maximum absolute atomic E-state index is 9.33. The highest BCUT2D eigenvalue weighted by molar-refractivity contribution is 5.44. The van der Waals surface area contributed by atoms with E-state index in [1.807, 2.05) is 12.1 Å². The predicted molar refractivity (Wildman–Crippen MR) is 64.2 cm³/mol. The van der Waals surface area contributed by atoms with Crippen LogP contribution >= 0.6 is 0 Å². The molecule has 3 nitrogen and oxygen atoms in total. The van der Waals surface area contributed by atoms with Crippen LogP contribution in [0.5, 0.6) is 5.75 Å². The number of nitrogens with two attached hydrogens (primary N) is 1. The highest BCUT2D eigenvalue weighted by Crippen LogP contribution is 2.15. The largest absolute Gasteiger partial charge is 0.508 e. The molecule has 82 valence electrons. The Bertz CT molecular complexity index is 483. The second-order valence-electron chi connectivity index (χ2n) is 3.74. The minimum Gasteiger partial charge on any atom is -0.508 e. The molecule has 0 spiro atoms. The number of benzene rings is 1. The maximum atomic E-state index is 9.33. The van der Waals surface area contributed by atoms with Gasteiger partial charge in [-0.25, -0.2) is 0 Å². The molecule has 0 unspecified atom stereocenters. The molecule has 3 heteroatoms. The molecule has 0 saturated heterocycles. The van der Waals surface area contributed by atoms with Crippen molar-refractivity contribution in [1.29, 1.82) is 0 Å². The Morgan fingerprint density at radius 1 is 1.19 bits per heavy atom. The van der Waals surface area contributed by atoms with Crippen LogP contribution < -0.4 is 5.73 Å². The number of nitrogen functional groups attached to an aromatic ring is 1. The van der Waals surface area contributed by atoms with Crippen LogP contribution in [0.2, 0.25) is 0 Å². The fourth-order valence-corrected chi connectivity index (χ4v) is 1.64. The van der Waals surface area contributed by atoms with Gasteiger partial charge in [-0.1, -0.05) is 12.1 Å². The number of phenolic OH excluding ortho intramolecular Hbond substituents is 1. The van der Waals surface area contributed by atoms with Crippen molar-refractivity contribution in [3.63, 3.8) is 0 Å². The zero-order valence-electron chi connectivity index (χ0n) is 8.93. The van der Waals surface area contributed by atoms with E-state index in [9.17, 15) is 5.11 Å². The van der Waals surface area contributed by atoms with Gasteiger partial charge < -0.3 is 10.8 Å². The van der Waals surface area contributed by atoms with Crippen LogP contribution in [-0.2, 0) is 12.8 Å². The molecule has 2 aromatic rings. The molecule has 0 fully saturated rings. The van der Waals surface area contributed by atoms with E-state index in [0.29, 0.717) is 5.75 Å². The summed E-state index contributed by atoms with van der Waals surface area (Å²) >= 11 is 0. The summed E-state index contributed by atoms with van der Waals surface area (Å²) in [5.74, 6) is 0.302. The number of pyridine rings is 1. The fourth-order valence-electron chi connectivity index (χ4n) is 1.64. The highest BCUT2D eigenvalue weighted by atomic mass is 16.3. The summed E-state index contributed by atoms with van der Waals surface area (Å²) < 4.78 is 0. The molecule has 0 aliphatic carbocycles. The van der Waals surface area contributed by atoms with Crippen molar-refractivity contribution in [2.75, 3.05) is 5.73 Å². The number of aromatic hydroxyl groups is 1. The lowest BCUT2D eigenvalue weighted by atomic mass is 10.0. The van der Waals surface area contributed by atoms with Crippen molar-refractivity contribution in [3.05, 3.63) is 53.9 Å².